The highest BCUT2D eigenvalue weighted by Crippen LogP contribution is 2.28. The van der Waals surface area contributed by atoms with E-state index in [-0.39, 0.29) is 5.82 Å². The number of hydrogen-bond acceptors (Lipinski definition) is 3. The van der Waals surface area contributed by atoms with Crippen molar-refractivity contribution in [3.63, 3.8) is 0 Å². The smallest absolute Gasteiger partial charge is 0.243 e. The molecule has 3 aromatic rings. The van der Waals surface area contributed by atoms with Crippen LogP contribution in [0.3, 0.4) is 0 Å². The zero-order valence-corrected chi connectivity index (χ0v) is 15.9. The molecule has 0 unspecified atom stereocenters. The van der Waals surface area contributed by atoms with Gasteiger partial charge in [0.2, 0.25) is 10.0 Å². The number of benzene rings is 3. The SMILES string of the molecule is Cc1cc(F)ccc1N1CCN(S(=O)(=O)c2cccc3ccccc23)CC1. The maximum absolute atomic E-state index is 13.3. The summed E-state index contributed by atoms with van der Waals surface area (Å²) in [6, 6.07) is 17.6. The van der Waals surface area contributed by atoms with Crippen molar-refractivity contribution >= 4 is 26.5 Å². The zero-order chi connectivity index (χ0) is 19.0. The normalized spacial score (nSPS) is 16.0. The van der Waals surface area contributed by atoms with Crippen LogP contribution in [-0.4, -0.2) is 38.9 Å². The molecule has 0 atom stereocenters. The van der Waals surface area contributed by atoms with Gasteiger partial charge in [-0.05, 0) is 42.1 Å². The van der Waals surface area contributed by atoms with E-state index in [2.05, 4.69) is 4.90 Å². The van der Waals surface area contributed by atoms with Gasteiger partial charge < -0.3 is 4.90 Å². The third kappa shape index (κ3) is 3.31. The molecule has 4 nitrogen and oxygen atoms in total. The number of anilines is 1. The third-order valence-corrected chi connectivity index (χ3v) is 7.06. The highest BCUT2D eigenvalue weighted by molar-refractivity contribution is 7.89. The van der Waals surface area contributed by atoms with Gasteiger partial charge in [-0.1, -0.05) is 36.4 Å². The van der Waals surface area contributed by atoms with Crippen molar-refractivity contribution in [2.75, 3.05) is 31.1 Å². The van der Waals surface area contributed by atoms with E-state index in [1.54, 1.807) is 22.5 Å². The van der Waals surface area contributed by atoms with E-state index >= 15 is 0 Å². The van der Waals surface area contributed by atoms with Crippen molar-refractivity contribution < 1.29 is 12.8 Å². The topological polar surface area (TPSA) is 40.6 Å². The lowest BCUT2D eigenvalue weighted by molar-refractivity contribution is 0.385. The molecule has 0 bridgehead atoms. The quantitative estimate of drug-likeness (QED) is 0.690. The predicted molar refractivity (Wildman–Crippen MR) is 106 cm³/mol. The van der Waals surface area contributed by atoms with Gasteiger partial charge in [-0.15, -0.1) is 0 Å². The fourth-order valence-electron chi connectivity index (χ4n) is 3.70. The van der Waals surface area contributed by atoms with Gasteiger partial charge in [0.25, 0.3) is 0 Å². The molecule has 1 fully saturated rings. The molecule has 0 aromatic heterocycles. The summed E-state index contributed by atoms with van der Waals surface area (Å²) in [7, 11) is -3.56. The van der Waals surface area contributed by atoms with Crippen LogP contribution in [0.5, 0.6) is 0 Å². The number of nitrogens with zero attached hydrogens (tertiary/aromatic N) is 2. The summed E-state index contributed by atoms with van der Waals surface area (Å²) in [4.78, 5) is 2.47. The minimum Gasteiger partial charge on any atom is -0.369 e. The summed E-state index contributed by atoms with van der Waals surface area (Å²) in [5.74, 6) is -0.256. The lowest BCUT2D eigenvalue weighted by Crippen LogP contribution is -2.48. The van der Waals surface area contributed by atoms with E-state index < -0.39 is 10.0 Å². The molecule has 1 saturated heterocycles. The molecule has 4 rings (SSSR count). The van der Waals surface area contributed by atoms with Crippen molar-refractivity contribution in [1.82, 2.24) is 4.31 Å². The fraction of sp³-hybridized carbons (Fsp3) is 0.238. The Bertz CT molecular complexity index is 1090. The molecule has 27 heavy (non-hydrogen) atoms. The molecule has 140 valence electrons. The maximum Gasteiger partial charge on any atom is 0.243 e. The van der Waals surface area contributed by atoms with Crippen molar-refractivity contribution in [2.45, 2.75) is 11.8 Å². The number of sulfonamides is 1. The minimum absolute atomic E-state index is 0.256. The number of piperazine rings is 1. The van der Waals surface area contributed by atoms with Crippen LogP contribution < -0.4 is 4.90 Å². The Hall–Kier alpha value is -2.44. The summed E-state index contributed by atoms with van der Waals surface area (Å²) in [6.45, 7) is 3.84. The first kappa shape index (κ1) is 17.9. The van der Waals surface area contributed by atoms with Gasteiger partial charge in [0, 0.05) is 37.3 Å². The van der Waals surface area contributed by atoms with Gasteiger partial charge in [-0.2, -0.15) is 4.31 Å². The van der Waals surface area contributed by atoms with E-state index in [0.29, 0.717) is 31.1 Å². The number of fused-ring (bicyclic) bond motifs is 1. The Kier molecular flexibility index (Phi) is 4.61. The molecular weight excluding hydrogens is 363 g/mol. The first-order chi connectivity index (χ1) is 13.0. The molecular formula is C21H21FN2O2S. The first-order valence-electron chi connectivity index (χ1n) is 8.96. The average molecular weight is 384 g/mol. The number of hydrogen-bond donors (Lipinski definition) is 0. The maximum atomic E-state index is 13.3. The molecule has 1 aliphatic heterocycles. The van der Waals surface area contributed by atoms with Crippen molar-refractivity contribution in [2.24, 2.45) is 0 Å². The third-order valence-electron chi connectivity index (χ3n) is 5.11. The van der Waals surface area contributed by atoms with E-state index in [9.17, 15) is 12.8 Å². The lowest BCUT2D eigenvalue weighted by Gasteiger charge is -2.36. The molecule has 6 heteroatoms. The largest absolute Gasteiger partial charge is 0.369 e. The fourth-order valence-corrected chi connectivity index (χ4v) is 5.34. The van der Waals surface area contributed by atoms with E-state index in [1.165, 1.54) is 12.1 Å². The minimum atomic E-state index is -3.56. The van der Waals surface area contributed by atoms with E-state index in [4.69, 9.17) is 0 Å². The van der Waals surface area contributed by atoms with E-state index in [1.807, 2.05) is 37.3 Å². The molecule has 0 aliphatic carbocycles. The highest BCUT2D eigenvalue weighted by atomic mass is 32.2. The second kappa shape index (κ2) is 6.94. The Morgan fingerprint density at radius 1 is 0.889 bits per heavy atom. The first-order valence-corrected chi connectivity index (χ1v) is 10.4. The summed E-state index contributed by atoms with van der Waals surface area (Å²) in [5, 5.41) is 1.66. The molecule has 0 amide bonds. The van der Waals surface area contributed by atoms with Crippen LogP contribution in [0, 0.1) is 12.7 Å². The highest BCUT2D eigenvalue weighted by Gasteiger charge is 2.30. The summed E-state index contributed by atoms with van der Waals surface area (Å²) >= 11 is 0. The molecule has 0 saturated carbocycles. The van der Waals surface area contributed by atoms with Gasteiger partial charge in [0.15, 0.2) is 0 Å². The Labute approximate surface area is 158 Å². The second-order valence-corrected chi connectivity index (χ2v) is 8.71. The second-order valence-electron chi connectivity index (χ2n) is 6.80. The number of rotatable bonds is 3. The van der Waals surface area contributed by atoms with Gasteiger partial charge >= 0.3 is 0 Å². The molecule has 3 aromatic carbocycles. The zero-order valence-electron chi connectivity index (χ0n) is 15.1. The average Bonchev–Trinajstić information content (AvgIpc) is 2.67. The summed E-state index contributed by atoms with van der Waals surface area (Å²) < 4.78 is 41.3. The van der Waals surface area contributed by atoms with Crippen LogP contribution in [0.1, 0.15) is 5.56 Å². The molecule has 0 N–H and O–H groups in total. The predicted octanol–water partition coefficient (Wildman–Crippen LogP) is 3.80. The monoisotopic (exact) mass is 384 g/mol. The Morgan fingerprint density at radius 3 is 2.33 bits per heavy atom. The Morgan fingerprint density at radius 2 is 1.59 bits per heavy atom. The summed E-state index contributed by atoms with van der Waals surface area (Å²) in [6.07, 6.45) is 0. The molecule has 0 radical (unpaired) electrons. The number of halogens is 1. The molecule has 1 heterocycles. The van der Waals surface area contributed by atoms with Crippen LogP contribution in [-0.2, 0) is 10.0 Å². The van der Waals surface area contributed by atoms with Gasteiger partial charge in [0.05, 0.1) is 4.90 Å². The molecule has 1 aliphatic rings. The van der Waals surface area contributed by atoms with Crippen LogP contribution in [0.25, 0.3) is 10.8 Å². The standard InChI is InChI=1S/C21H21FN2O2S/c1-16-15-18(22)9-10-20(16)23-11-13-24(14-12-23)27(25,26)21-8-4-6-17-5-2-3-7-19(17)21/h2-10,15H,11-14H2,1H3. The van der Waals surface area contributed by atoms with Crippen molar-refractivity contribution in [1.29, 1.82) is 0 Å². The van der Waals surface area contributed by atoms with Crippen LogP contribution in [0.2, 0.25) is 0 Å². The van der Waals surface area contributed by atoms with Crippen LogP contribution in [0.15, 0.2) is 65.6 Å². The van der Waals surface area contributed by atoms with Gasteiger partial charge in [-0.3, -0.25) is 0 Å². The van der Waals surface area contributed by atoms with Crippen LogP contribution in [0.4, 0.5) is 10.1 Å². The lowest BCUT2D eigenvalue weighted by atomic mass is 10.1. The van der Waals surface area contributed by atoms with Crippen molar-refractivity contribution in [3.05, 3.63) is 72.0 Å². The van der Waals surface area contributed by atoms with E-state index in [0.717, 1.165) is 22.0 Å². The van der Waals surface area contributed by atoms with Crippen molar-refractivity contribution in [3.8, 4) is 0 Å². The summed E-state index contributed by atoms with van der Waals surface area (Å²) in [5.41, 5.74) is 1.82. The van der Waals surface area contributed by atoms with Gasteiger partial charge in [0.1, 0.15) is 5.82 Å². The van der Waals surface area contributed by atoms with Gasteiger partial charge in [-0.25, -0.2) is 12.8 Å². The van der Waals surface area contributed by atoms with Crippen LogP contribution >= 0.6 is 0 Å². The molecule has 0 spiro atoms. The number of aryl methyl sites for hydroxylation is 1. The Balaban J connectivity index is 1.58.